The summed E-state index contributed by atoms with van der Waals surface area (Å²) in [5.74, 6) is 0.648. The van der Waals surface area contributed by atoms with Crippen molar-refractivity contribution in [3.05, 3.63) is 59.2 Å². The summed E-state index contributed by atoms with van der Waals surface area (Å²) >= 11 is 0. The minimum Gasteiger partial charge on any atom is -0.467 e. The molecule has 0 spiro atoms. The van der Waals surface area contributed by atoms with Gasteiger partial charge in [-0.05, 0) is 49.7 Å². The summed E-state index contributed by atoms with van der Waals surface area (Å²) < 4.78 is 5.19. The molecule has 2 heterocycles. The van der Waals surface area contributed by atoms with Gasteiger partial charge in [0, 0.05) is 22.2 Å². The molecule has 0 aliphatic heterocycles. The Hall–Kier alpha value is -2.49. The molecule has 102 valence electrons. The highest BCUT2D eigenvalue weighted by Gasteiger charge is 2.10. The summed E-state index contributed by atoms with van der Waals surface area (Å²) in [6, 6.07) is 9.33. The van der Waals surface area contributed by atoms with Crippen LogP contribution in [-0.2, 0) is 6.54 Å². The highest BCUT2D eigenvalue weighted by Crippen LogP contribution is 2.22. The fourth-order valence-electron chi connectivity index (χ4n) is 2.29. The monoisotopic (exact) mass is 268 g/mol. The van der Waals surface area contributed by atoms with Gasteiger partial charge in [0.1, 0.15) is 5.76 Å². The molecule has 1 amide bonds. The summed E-state index contributed by atoms with van der Waals surface area (Å²) in [5.41, 5.74) is 4.03. The first-order valence-corrected chi connectivity index (χ1v) is 6.54. The molecule has 20 heavy (non-hydrogen) atoms. The average Bonchev–Trinajstić information content (AvgIpc) is 3.06. The van der Waals surface area contributed by atoms with Crippen molar-refractivity contribution in [2.75, 3.05) is 0 Å². The highest BCUT2D eigenvalue weighted by molar-refractivity contribution is 5.98. The molecule has 2 aromatic heterocycles. The van der Waals surface area contributed by atoms with Gasteiger partial charge in [-0.15, -0.1) is 0 Å². The van der Waals surface area contributed by atoms with E-state index in [-0.39, 0.29) is 5.91 Å². The molecular formula is C16H16N2O2. The molecular weight excluding hydrogens is 252 g/mol. The number of carbonyl (C=O) groups is 1. The maximum atomic E-state index is 12.1. The number of aromatic amines is 1. The van der Waals surface area contributed by atoms with Gasteiger partial charge in [-0.25, -0.2) is 0 Å². The molecule has 0 unspecified atom stereocenters. The first-order chi connectivity index (χ1) is 9.65. The number of amides is 1. The number of hydrogen-bond donors (Lipinski definition) is 2. The van der Waals surface area contributed by atoms with Crippen LogP contribution in [0.25, 0.3) is 10.9 Å². The van der Waals surface area contributed by atoms with Crippen LogP contribution in [0.5, 0.6) is 0 Å². The van der Waals surface area contributed by atoms with Crippen LogP contribution in [0.3, 0.4) is 0 Å². The van der Waals surface area contributed by atoms with E-state index >= 15 is 0 Å². The van der Waals surface area contributed by atoms with Gasteiger partial charge in [-0.1, -0.05) is 0 Å². The summed E-state index contributed by atoms with van der Waals surface area (Å²) in [6.45, 7) is 4.49. The molecule has 0 aliphatic rings. The van der Waals surface area contributed by atoms with E-state index in [1.165, 1.54) is 5.56 Å². The van der Waals surface area contributed by atoms with Crippen molar-refractivity contribution in [2.24, 2.45) is 0 Å². The Labute approximate surface area is 116 Å². The van der Waals surface area contributed by atoms with Crippen molar-refractivity contribution in [3.63, 3.8) is 0 Å². The molecule has 4 nitrogen and oxygen atoms in total. The standard InChI is InChI=1S/C16H16N2O2/c1-10-11(2)18-15-6-5-12(8-14(10)15)16(19)17-9-13-4-3-7-20-13/h3-8,18H,9H2,1-2H3,(H,17,19). The Balaban J connectivity index is 1.82. The molecule has 0 atom stereocenters. The number of carbonyl (C=O) groups excluding carboxylic acids is 1. The van der Waals surface area contributed by atoms with Crippen molar-refractivity contribution in [1.29, 1.82) is 0 Å². The second kappa shape index (κ2) is 4.89. The van der Waals surface area contributed by atoms with E-state index in [1.807, 2.05) is 31.2 Å². The Bertz CT molecular complexity index is 754. The van der Waals surface area contributed by atoms with Gasteiger partial charge in [0.25, 0.3) is 5.91 Å². The molecule has 0 fully saturated rings. The van der Waals surface area contributed by atoms with Crippen LogP contribution in [0.2, 0.25) is 0 Å². The quantitative estimate of drug-likeness (QED) is 0.765. The normalized spacial score (nSPS) is 10.9. The topological polar surface area (TPSA) is 58.0 Å². The zero-order valence-corrected chi connectivity index (χ0v) is 11.5. The van der Waals surface area contributed by atoms with Gasteiger partial charge < -0.3 is 14.7 Å². The van der Waals surface area contributed by atoms with Gasteiger partial charge >= 0.3 is 0 Å². The molecule has 0 saturated heterocycles. The SMILES string of the molecule is Cc1[nH]c2ccc(C(=O)NCc3ccco3)cc2c1C. The first-order valence-electron chi connectivity index (χ1n) is 6.54. The van der Waals surface area contributed by atoms with E-state index in [4.69, 9.17) is 4.42 Å². The number of benzene rings is 1. The predicted octanol–water partition coefficient (Wildman–Crippen LogP) is 3.31. The van der Waals surface area contributed by atoms with Crippen LogP contribution in [0.15, 0.2) is 41.0 Å². The number of H-pyrrole nitrogens is 1. The number of nitrogens with one attached hydrogen (secondary N) is 2. The lowest BCUT2D eigenvalue weighted by Gasteiger charge is -2.04. The van der Waals surface area contributed by atoms with Crippen LogP contribution in [0.1, 0.15) is 27.4 Å². The van der Waals surface area contributed by atoms with Crippen LogP contribution < -0.4 is 5.32 Å². The Morgan fingerprint density at radius 2 is 2.15 bits per heavy atom. The molecule has 2 N–H and O–H groups in total. The van der Waals surface area contributed by atoms with Gasteiger partial charge in [0.15, 0.2) is 0 Å². The van der Waals surface area contributed by atoms with Crippen molar-refractivity contribution < 1.29 is 9.21 Å². The average molecular weight is 268 g/mol. The fourth-order valence-corrected chi connectivity index (χ4v) is 2.29. The third-order valence-electron chi connectivity index (χ3n) is 3.57. The minimum atomic E-state index is -0.0958. The lowest BCUT2D eigenvalue weighted by atomic mass is 10.1. The van der Waals surface area contributed by atoms with Crippen LogP contribution in [0, 0.1) is 13.8 Å². The maximum absolute atomic E-state index is 12.1. The summed E-state index contributed by atoms with van der Waals surface area (Å²) in [7, 11) is 0. The highest BCUT2D eigenvalue weighted by atomic mass is 16.3. The molecule has 0 bridgehead atoms. The molecule has 1 aromatic carbocycles. The number of hydrogen-bond acceptors (Lipinski definition) is 2. The largest absolute Gasteiger partial charge is 0.467 e. The number of fused-ring (bicyclic) bond motifs is 1. The lowest BCUT2D eigenvalue weighted by molar-refractivity contribution is 0.0948. The maximum Gasteiger partial charge on any atom is 0.251 e. The van der Waals surface area contributed by atoms with E-state index in [0.29, 0.717) is 12.1 Å². The summed E-state index contributed by atoms with van der Waals surface area (Å²) in [5, 5.41) is 3.94. The lowest BCUT2D eigenvalue weighted by Crippen LogP contribution is -2.22. The van der Waals surface area contributed by atoms with E-state index in [9.17, 15) is 4.79 Å². The number of aryl methyl sites for hydroxylation is 2. The molecule has 3 aromatic rings. The second-order valence-corrected chi connectivity index (χ2v) is 4.90. The molecule has 0 aliphatic carbocycles. The van der Waals surface area contributed by atoms with Crippen molar-refractivity contribution >= 4 is 16.8 Å². The third kappa shape index (κ3) is 2.20. The summed E-state index contributed by atoms with van der Waals surface area (Å²) in [6.07, 6.45) is 1.60. The molecule has 4 heteroatoms. The van der Waals surface area contributed by atoms with Crippen LogP contribution in [-0.4, -0.2) is 10.9 Å². The van der Waals surface area contributed by atoms with E-state index in [1.54, 1.807) is 12.3 Å². The Morgan fingerprint density at radius 1 is 1.30 bits per heavy atom. The fraction of sp³-hybridized carbons (Fsp3) is 0.188. The van der Waals surface area contributed by atoms with Crippen molar-refractivity contribution in [3.8, 4) is 0 Å². The Kier molecular flexibility index (Phi) is 3.06. The third-order valence-corrected chi connectivity index (χ3v) is 3.57. The molecule has 0 radical (unpaired) electrons. The predicted molar refractivity (Wildman–Crippen MR) is 77.7 cm³/mol. The van der Waals surface area contributed by atoms with Crippen LogP contribution in [0.4, 0.5) is 0 Å². The zero-order chi connectivity index (χ0) is 14.1. The van der Waals surface area contributed by atoms with Crippen LogP contribution >= 0.6 is 0 Å². The number of aromatic nitrogens is 1. The first kappa shape index (κ1) is 12.5. The van der Waals surface area contributed by atoms with Gasteiger partial charge in [-0.3, -0.25) is 4.79 Å². The van der Waals surface area contributed by atoms with E-state index in [2.05, 4.69) is 17.2 Å². The number of rotatable bonds is 3. The molecule has 3 rings (SSSR count). The van der Waals surface area contributed by atoms with Crippen molar-refractivity contribution in [2.45, 2.75) is 20.4 Å². The second-order valence-electron chi connectivity index (χ2n) is 4.90. The van der Waals surface area contributed by atoms with Gasteiger partial charge in [-0.2, -0.15) is 0 Å². The smallest absolute Gasteiger partial charge is 0.251 e. The number of furan rings is 1. The Morgan fingerprint density at radius 3 is 2.90 bits per heavy atom. The van der Waals surface area contributed by atoms with E-state index < -0.39 is 0 Å². The van der Waals surface area contributed by atoms with Gasteiger partial charge in [0.05, 0.1) is 12.8 Å². The van der Waals surface area contributed by atoms with Crippen molar-refractivity contribution in [1.82, 2.24) is 10.3 Å². The van der Waals surface area contributed by atoms with Gasteiger partial charge in [0.2, 0.25) is 0 Å². The minimum absolute atomic E-state index is 0.0958. The zero-order valence-electron chi connectivity index (χ0n) is 11.5. The molecule has 0 saturated carbocycles. The summed E-state index contributed by atoms with van der Waals surface area (Å²) in [4.78, 5) is 15.4. The van der Waals surface area contributed by atoms with E-state index in [0.717, 1.165) is 22.4 Å².